The Balaban J connectivity index is 1.86. The summed E-state index contributed by atoms with van der Waals surface area (Å²) in [5.41, 5.74) is 1.13. The van der Waals surface area contributed by atoms with Crippen molar-refractivity contribution in [1.82, 2.24) is 14.5 Å². The second kappa shape index (κ2) is 7.84. The highest BCUT2D eigenvalue weighted by Crippen LogP contribution is 2.36. The summed E-state index contributed by atoms with van der Waals surface area (Å²) in [5, 5.41) is 14.1. The molecule has 2 fully saturated rings. The number of aryl methyl sites for hydroxylation is 1. The Morgan fingerprint density at radius 1 is 1.34 bits per heavy atom. The average molecular weight is 400 g/mol. The highest BCUT2D eigenvalue weighted by atomic mass is 16.5. The van der Waals surface area contributed by atoms with Crippen molar-refractivity contribution in [1.29, 1.82) is 0 Å². The fraction of sp³-hybridized carbons (Fsp3) is 0.619. The molecule has 2 aromatic heterocycles. The molecule has 29 heavy (non-hydrogen) atoms. The molecular formula is C21H28N4O4. The number of Topliss-reactive ketones (excluding diaryl/α,β-unsaturated/α-hetero) is 1. The third-order valence-electron chi connectivity index (χ3n) is 6.35. The van der Waals surface area contributed by atoms with Crippen molar-refractivity contribution in [3.05, 3.63) is 27.7 Å². The van der Waals surface area contributed by atoms with Gasteiger partial charge in [0.2, 0.25) is 5.95 Å². The van der Waals surface area contributed by atoms with E-state index in [2.05, 4.69) is 22.2 Å². The lowest BCUT2D eigenvalue weighted by Gasteiger charge is -2.28. The Kier molecular flexibility index (Phi) is 5.40. The van der Waals surface area contributed by atoms with E-state index < -0.39 is 6.10 Å². The van der Waals surface area contributed by atoms with Crippen molar-refractivity contribution in [3.8, 4) is 0 Å². The van der Waals surface area contributed by atoms with Gasteiger partial charge in [0.25, 0.3) is 5.56 Å². The van der Waals surface area contributed by atoms with E-state index in [9.17, 15) is 14.7 Å². The normalized spacial score (nSPS) is 27.3. The monoisotopic (exact) mass is 400 g/mol. The van der Waals surface area contributed by atoms with Gasteiger partial charge in [0.15, 0.2) is 5.78 Å². The minimum absolute atomic E-state index is 0.0140. The molecule has 156 valence electrons. The highest BCUT2D eigenvalue weighted by molar-refractivity contribution is 5.99. The van der Waals surface area contributed by atoms with E-state index in [4.69, 9.17) is 4.74 Å². The first kappa shape index (κ1) is 20.0. The number of ketones is 1. The van der Waals surface area contributed by atoms with Gasteiger partial charge in [-0.1, -0.05) is 13.3 Å². The van der Waals surface area contributed by atoms with Crippen molar-refractivity contribution in [2.24, 2.45) is 5.92 Å². The lowest BCUT2D eigenvalue weighted by Crippen LogP contribution is -2.42. The summed E-state index contributed by atoms with van der Waals surface area (Å²) in [7, 11) is 0. The van der Waals surface area contributed by atoms with Gasteiger partial charge >= 0.3 is 0 Å². The van der Waals surface area contributed by atoms with Gasteiger partial charge < -0.3 is 15.2 Å². The van der Waals surface area contributed by atoms with Crippen LogP contribution in [0.25, 0.3) is 11.0 Å². The highest BCUT2D eigenvalue weighted by Gasteiger charge is 2.31. The van der Waals surface area contributed by atoms with E-state index in [-0.39, 0.29) is 35.6 Å². The SMILES string of the molecule is CC(=O)c1c(C)c2cnc(N[C@H]3CCOC[C@@H]3O)nc2n([C@H]2CCC[C@@H]2C)c1=O. The average Bonchev–Trinajstić information content (AvgIpc) is 3.09. The topological polar surface area (TPSA) is 106 Å². The molecule has 8 heteroatoms. The largest absolute Gasteiger partial charge is 0.389 e. The molecule has 0 bridgehead atoms. The van der Waals surface area contributed by atoms with Crippen molar-refractivity contribution in [2.75, 3.05) is 18.5 Å². The first-order valence-electron chi connectivity index (χ1n) is 10.3. The molecule has 4 atom stereocenters. The first-order valence-corrected chi connectivity index (χ1v) is 10.3. The van der Waals surface area contributed by atoms with Crippen LogP contribution in [0.2, 0.25) is 0 Å². The van der Waals surface area contributed by atoms with Crippen LogP contribution in [-0.4, -0.2) is 50.8 Å². The Morgan fingerprint density at radius 3 is 2.79 bits per heavy atom. The van der Waals surface area contributed by atoms with Crippen LogP contribution in [0, 0.1) is 12.8 Å². The Bertz CT molecular complexity index is 1000. The summed E-state index contributed by atoms with van der Waals surface area (Å²) in [6, 6.07) is -0.190. The summed E-state index contributed by atoms with van der Waals surface area (Å²) in [6.07, 6.45) is 4.68. The second-order valence-electron chi connectivity index (χ2n) is 8.32. The standard InChI is InChI=1S/C21H28N4O4/c1-11-5-4-6-16(11)25-19-14(12(2)18(13(3)26)20(25)28)9-22-21(24-19)23-15-7-8-29-10-17(15)27/h9,11,15-17,27H,4-8,10H2,1-3H3,(H,22,23,24)/t11-,15-,16-,17-/m0/s1. The molecule has 0 amide bonds. The number of aromatic nitrogens is 3. The Morgan fingerprint density at radius 2 is 2.14 bits per heavy atom. The van der Waals surface area contributed by atoms with Gasteiger partial charge in [-0.2, -0.15) is 4.98 Å². The molecule has 0 radical (unpaired) electrons. The number of hydrogen-bond donors (Lipinski definition) is 2. The van der Waals surface area contributed by atoms with E-state index in [0.29, 0.717) is 41.5 Å². The Labute approximate surface area is 169 Å². The van der Waals surface area contributed by atoms with E-state index in [0.717, 1.165) is 19.3 Å². The molecule has 8 nitrogen and oxygen atoms in total. The molecule has 0 unspecified atom stereocenters. The van der Waals surface area contributed by atoms with E-state index in [1.807, 2.05) is 0 Å². The van der Waals surface area contributed by atoms with Gasteiger partial charge in [-0.25, -0.2) is 4.98 Å². The maximum Gasteiger partial charge on any atom is 0.263 e. The van der Waals surface area contributed by atoms with Crippen molar-refractivity contribution in [3.63, 3.8) is 0 Å². The molecule has 1 aliphatic carbocycles. The van der Waals surface area contributed by atoms with Gasteiger partial charge in [0.1, 0.15) is 5.65 Å². The fourth-order valence-electron chi connectivity index (χ4n) is 4.69. The predicted molar refractivity (Wildman–Crippen MR) is 109 cm³/mol. The molecule has 1 saturated carbocycles. The van der Waals surface area contributed by atoms with Crippen LogP contribution in [0.3, 0.4) is 0 Å². The van der Waals surface area contributed by atoms with Crippen LogP contribution in [0.15, 0.2) is 11.0 Å². The maximum atomic E-state index is 13.3. The molecule has 0 spiro atoms. The summed E-state index contributed by atoms with van der Waals surface area (Å²) in [5.74, 6) is 0.473. The van der Waals surface area contributed by atoms with E-state index in [1.165, 1.54) is 6.92 Å². The smallest absolute Gasteiger partial charge is 0.263 e. The maximum absolute atomic E-state index is 13.3. The van der Waals surface area contributed by atoms with Crippen molar-refractivity contribution in [2.45, 2.75) is 64.6 Å². The lowest BCUT2D eigenvalue weighted by atomic mass is 10.0. The molecule has 1 aliphatic heterocycles. The fourth-order valence-corrected chi connectivity index (χ4v) is 4.69. The number of aliphatic hydroxyl groups excluding tert-OH is 1. The molecule has 2 aromatic rings. The number of hydrogen-bond acceptors (Lipinski definition) is 7. The number of carbonyl (C=O) groups is 1. The molecule has 4 rings (SSSR count). The van der Waals surface area contributed by atoms with Crippen molar-refractivity contribution < 1.29 is 14.6 Å². The molecule has 2 N–H and O–H groups in total. The Hall–Kier alpha value is -2.32. The zero-order valence-corrected chi connectivity index (χ0v) is 17.1. The lowest BCUT2D eigenvalue weighted by molar-refractivity contribution is -0.0136. The van der Waals surface area contributed by atoms with Crippen LogP contribution < -0.4 is 10.9 Å². The van der Waals surface area contributed by atoms with Gasteiger partial charge in [-0.15, -0.1) is 0 Å². The number of nitrogens with zero attached hydrogens (tertiary/aromatic N) is 3. The molecule has 2 aliphatic rings. The van der Waals surface area contributed by atoms with E-state index >= 15 is 0 Å². The number of pyridine rings is 1. The van der Waals surface area contributed by atoms with Gasteiger partial charge in [0.05, 0.1) is 24.3 Å². The van der Waals surface area contributed by atoms with Gasteiger partial charge in [-0.3, -0.25) is 14.2 Å². The summed E-state index contributed by atoms with van der Waals surface area (Å²) < 4.78 is 6.99. The minimum Gasteiger partial charge on any atom is -0.389 e. The summed E-state index contributed by atoms with van der Waals surface area (Å²) in [6.45, 7) is 6.19. The molecule has 1 saturated heterocycles. The quantitative estimate of drug-likeness (QED) is 0.758. The predicted octanol–water partition coefficient (Wildman–Crippen LogP) is 2.23. The van der Waals surface area contributed by atoms with Crippen LogP contribution in [-0.2, 0) is 4.74 Å². The summed E-state index contributed by atoms with van der Waals surface area (Å²) >= 11 is 0. The number of nitrogens with one attached hydrogen (secondary N) is 1. The van der Waals surface area contributed by atoms with Crippen LogP contribution in [0.1, 0.15) is 61.5 Å². The third-order valence-corrected chi connectivity index (χ3v) is 6.35. The zero-order valence-electron chi connectivity index (χ0n) is 17.1. The molecule has 0 aromatic carbocycles. The van der Waals surface area contributed by atoms with Crippen molar-refractivity contribution >= 4 is 22.8 Å². The summed E-state index contributed by atoms with van der Waals surface area (Å²) in [4.78, 5) is 34.7. The van der Waals surface area contributed by atoms with E-state index in [1.54, 1.807) is 17.7 Å². The van der Waals surface area contributed by atoms with Crippen LogP contribution in [0.5, 0.6) is 0 Å². The molecular weight excluding hydrogens is 372 g/mol. The van der Waals surface area contributed by atoms with Gasteiger partial charge in [0, 0.05) is 24.2 Å². The number of carbonyl (C=O) groups excluding carboxylic acids is 1. The van der Waals surface area contributed by atoms with Crippen LogP contribution >= 0.6 is 0 Å². The zero-order chi connectivity index (χ0) is 20.7. The first-order chi connectivity index (χ1) is 13.9. The number of aliphatic hydroxyl groups is 1. The number of ether oxygens (including phenoxy) is 1. The number of anilines is 1. The number of fused-ring (bicyclic) bond motifs is 1. The number of rotatable bonds is 4. The minimum atomic E-state index is -0.637. The van der Waals surface area contributed by atoms with Gasteiger partial charge in [-0.05, 0) is 44.6 Å². The third kappa shape index (κ3) is 3.55. The second-order valence-corrected chi connectivity index (χ2v) is 8.32. The van der Waals surface area contributed by atoms with Crippen LogP contribution in [0.4, 0.5) is 5.95 Å². The molecule has 3 heterocycles.